The van der Waals surface area contributed by atoms with Crippen LogP contribution in [0.3, 0.4) is 0 Å². The maximum Gasteiger partial charge on any atom is 0.316 e. The Kier molecular flexibility index (Phi) is 23.0. The summed E-state index contributed by atoms with van der Waals surface area (Å²) in [7, 11) is 0. The van der Waals surface area contributed by atoms with Crippen LogP contribution in [-0.2, 0) is 19.1 Å². The van der Waals surface area contributed by atoms with Gasteiger partial charge in [-0.25, -0.2) is 0 Å². The van der Waals surface area contributed by atoms with Gasteiger partial charge in [0.25, 0.3) is 0 Å². The molecule has 5 nitrogen and oxygen atoms in total. The van der Waals surface area contributed by atoms with Crippen molar-refractivity contribution in [3.63, 3.8) is 0 Å². The van der Waals surface area contributed by atoms with Crippen molar-refractivity contribution in [3.05, 3.63) is 0 Å². The Morgan fingerprint density at radius 3 is 1.52 bits per heavy atom. The van der Waals surface area contributed by atoms with E-state index in [0.717, 1.165) is 12.8 Å². The highest BCUT2D eigenvalue weighted by Crippen LogP contribution is 2.14. The number of unbranched alkanes of at least 4 members (excludes halogenated alkanes) is 16. The molecule has 0 aliphatic carbocycles. The van der Waals surface area contributed by atoms with E-state index >= 15 is 0 Å². The number of ether oxygens (including phenoxy) is 2. The maximum atomic E-state index is 11.8. The Morgan fingerprint density at radius 1 is 0.677 bits per heavy atom. The van der Waals surface area contributed by atoms with Crippen LogP contribution >= 0.6 is 0 Å². The number of aliphatic hydroxyl groups is 1. The fourth-order valence-corrected chi connectivity index (χ4v) is 3.63. The van der Waals surface area contributed by atoms with Crippen LogP contribution in [-0.4, -0.2) is 43.3 Å². The van der Waals surface area contributed by atoms with Crippen LogP contribution in [0.25, 0.3) is 0 Å². The van der Waals surface area contributed by atoms with Crippen molar-refractivity contribution in [2.75, 3.05) is 26.4 Å². The Hall–Kier alpha value is -0.940. The van der Waals surface area contributed by atoms with E-state index in [9.17, 15) is 9.59 Å². The molecule has 0 aliphatic rings. The van der Waals surface area contributed by atoms with Gasteiger partial charge in [0.2, 0.25) is 0 Å². The molecule has 1 unspecified atom stereocenters. The molecule has 0 bridgehead atoms. The first-order valence-corrected chi connectivity index (χ1v) is 13.0. The van der Waals surface area contributed by atoms with Gasteiger partial charge in [-0.1, -0.05) is 110 Å². The summed E-state index contributed by atoms with van der Waals surface area (Å²) in [6.07, 6.45) is 22.7. The molecule has 0 amide bonds. The molecule has 0 saturated heterocycles. The van der Waals surface area contributed by atoms with E-state index in [1.54, 1.807) is 0 Å². The molecule has 1 N–H and O–H groups in total. The van der Waals surface area contributed by atoms with E-state index in [1.807, 2.05) is 0 Å². The molecule has 0 radical (unpaired) electrons. The van der Waals surface area contributed by atoms with Crippen molar-refractivity contribution in [2.24, 2.45) is 5.92 Å². The predicted octanol–water partition coefficient (Wildman–Crippen LogP) is 6.40. The van der Waals surface area contributed by atoms with E-state index in [-0.39, 0.29) is 25.6 Å². The van der Waals surface area contributed by atoms with Gasteiger partial charge >= 0.3 is 5.97 Å². The lowest BCUT2D eigenvalue weighted by atomic mass is 10.0. The number of rotatable bonds is 24. The highest BCUT2D eigenvalue weighted by Gasteiger charge is 2.22. The van der Waals surface area contributed by atoms with Gasteiger partial charge in [0.15, 0.2) is 5.78 Å². The van der Waals surface area contributed by atoms with Crippen LogP contribution in [0.4, 0.5) is 0 Å². The second-order valence-electron chi connectivity index (χ2n) is 8.79. The van der Waals surface area contributed by atoms with E-state index in [1.165, 1.54) is 103 Å². The average molecular weight is 443 g/mol. The summed E-state index contributed by atoms with van der Waals surface area (Å²) in [6.45, 7) is 3.99. The first-order valence-electron chi connectivity index (χ1n) is 13.0. The van der Waals surface area contributed by atoms with Crippen LogP contribution in [0.5, 0.6) is 0 Å². The summed E-state index contributed by atoms with van der Waals surface area (Å²) in [5.74, 6) is -1.70. The van der Waals surface area contributed by atoms with E-state index < -0.39 is 11.9 Å². The predicted molar refractivity (Wildman–Crippen MR) is 127 cm³/mol. The molecule has 5 heteroatoms. The highest BCUT2D eigenvalue weighted by atomic mass is 16.5. The second kappa shape index (κ2) is 23.7. The summed E-state index contributed by atoms with van der Waals surface area (Å²) < 4.78 is 10.1. The van der Waals surface area contributed by atoms with Crippen molar-refractivity contribution < 1.29 is 24.2 Å². The molecular weight excluding hydrogens is 392 g/mol. The van der Waals surface area contributed by atoms with Crippen molar-refractivity contribution >= 4 is 11.8 Å². The first-order chi connectivity index (χ1) is 15.1. The van der Waals surface area contributed by atoms with E-state index in [0.29, 0.717) is 6.61 Å². The third-order valence-electron chi connectivity index (χ3n) is 5.81. The Bertz CT molecular complexity index is 411. The Balaban J connectivity index is 3.26. The number of ketones is 1. The number of hydrogen-bond acceptors (Lipinski definition) is 5. The molecule has 0 heterocycles. The number of carbonyl (C=O) groups is 2. The van der Waals surface area contributed by atoms with Crippen molar-refractivity contribution in [2.45, 2.75) is 123 Å². The zero-order chi connectivity index (χ0) is 23.0. The number of carbonyl (C=O) groups excluding carboxylic acids is 2. The maximum absolute atomic E-state index is 11.8. The van der Waals surface area contributed by atoms with Crippen LogP contribution in [0.1, 0.15) is 123 Å². The third-order valence-corrected chi connectivity index (χ3v) is 5.81. The zero-order valence-corrected chi connectivity index (χ0v) is 20.5. The summed E-state index contributed by atoms with van der Waals surface area (Å²) >= 11 is 0. The minimum Gasteiger partial charge on any atom is -0.463 e. The largest absolute Gasteiger partial charge is 0.463 e. The van der Waals surface area contributed by atoms with Gasteiger partial charge in [0, 0.05) is 6.61 Å². The monoisotopic (exact) mass is 442 g/mol. The summed E-state index contributed by atoms with van der Waals surface area (Å²) in [6, 6.07) is 0. The molecule has 0 saturated carbocycles. The molecule has 31 heavy (non-hydrogen) atoms. The van der Waals surface area contributed by atoms with Gasteiger partial charge in [-0.3, -0.25) is 9.59 Å². The van der Waals surface area contributed by atoms with E-state index in [2.05, 4.69) is 6.92 Å². The minimum absolute atomic E-state index is 0.0474. The molecule has 0 aliphatic heterocycles. The summed E-state index contributed by atoms with van der Waals surface area (Å²) in [5, 5.41) is 8.63. The number of aliphatic hydroxyl groups excluding tert-OH is 1. The fourth-order valence-electron chi connectivity index (χ4n) is 3.63. The topological polar surface area (TPSA) is 72.8 Å². The Morgan fingerprint density at radius 2 is 1.10 bits per heavy atom. The van der Waals surface area contributed by atoms with Crippen LogP contribution < -0.4 is 0 Å². The number of Topliss-reactive ketones (excluding diaryl/α,β-unsaturated/α-hetero) is 1. The van der Waals surface area contributed by atoms with Crippen LogP contribution in [0.15, 0.2) is 0 Å². The van der Waals surface area contributed by atoms with Crippen LogP contribution in [0.2, 0.25) is 0 Å². The van der Waals surface area contributed by atoms with Crippen molar-refractivity contribution in [3.8, 4) is 0 Å². The number of hydrogen-bond donors (Lipinski definition) is 1. The fraction of sp³-hybridized carbons (Fsp3) is 0.923. The standard InChI is InChI=1S/C26H50O5/c1-3-4-5-6-7-8-9-10-11-12-13-14-15-16-17-18-19-21-30-23-25(28)24(2)26(29)31-22-20-27/h24,27H,3-23H2,1-2H3. The van der Waals surface area contributed by atoms with Gasteiger partial charge < -0.3 is 14.6 Å². The zero-order valence-electron chi connectivity index (χ0n) is 20.5. The van der Waals surface area contributed by atoms with Crippen molar-refractivity contribution in [1.29, 1.82) is 0 Å². The second-order valence-corrected chi connectivity index (χ2v) is 8.79. The summed E-state index contributed by atoms with van der Waals surface area (Å²) in [4.78, 5) is 23.4. The van der Waals surface area contributed by atoms with E-state index in [4.69, 9.17) is 14.6 Å². The first kappa shape index (κ1) is 30.1. The van der Waals surface area contributed by atoms with Gasteiger partial charge in [-0.15, -0.1) is 0 Å². The van der Waals surface area contributed by atoms with Crippen molar-refractivity contribution in [1.82, 2.24) is 0 Å². The average Bonchev–Trinajstić information content (AvgIpc) is 2.78. The third kappa shape index (κ3) is 20.7. The molecule has 184 valence electrons. The molecule has 0 rings (SSSR count). The molecular formula is C26H50O5. The van der Waals surface area contributed by atoms with Gasteiger partial charge in [0.05, 0.1) is 6.61 Å². The SMILES string of the molecule is CCCCCCCCCCCCCCCCCCCOCC(=O)C(C)C(=O)OCCO. The highest BCUT2D eigenvalue weighted by molar-refractivity contribution is 5.99. The smallest absolute Gasteiger partial charge is 0.316 e. The molecule has 1 atom stereocenters. The minimum atomic E-state index is -0.831. The molecule has 0 aromatic carbocycles. The lowest BCUT2D eigenvalue weighted by molar-refractivity contribution is -0.153. The number of esters is 1. The van der Waals surface area contributed by atoms with Crippen LogP contribution in [0, 0.1) is 5.92 Å². The normalized spacial score (nSPS) is 12.1. The molecule has 0 spiro atoms. The van der Waals surface area contributed by atoms with Gasteiger partial charge in [-0.05, 0) is 13.3 Å². The van der Waals surface area contributed by atoms with Gasteiger partial charge in [0.1, 0.15) is 19.1 Å². The molecule has 0 aromatic rings. The lowest BCUT2D eigenvalue weighted by Gasteiger charge is -2.10. The molecule has 0 aromatic heterocycles. The quantitative estimate of drug-likeness (QED) is 0.106. The van der Waals surface area contributed by atoms with Gasteiger partial charge in [-0.2, -0.15) is 0 Å². The molecule has 0 fully saturated rings. The summed E-state index contributed by atoms with van der Waals surface area (Å²) in [5.41, 5.74) is 0. The lowest BCUT2D eigenvalue weighted by Crippen LogP contribution is -2.27. The Labute approximate surface area is 191 Å².